The van der Waals surface area contributed by atoms with Crippen LogP contribution in [0, 0.1) is 5.92 Å². The van der Waals surface area contributed by atoms with Crippen molar-refractivity contribution >= 4 is 5.91 Å². The first-order chi connectivity index (χ1) is 6.15. The highest BCUT2D eigenvalue weighted by Gasteiger charge is 2.27. The van der Waals surface area contributed by atoms with Crippen LogP contribution in [0.25, 0.3) is 0 Å². The number of likely N-dealkylation sites (tertiary alicyclic amines) is 1. The van der Waals surface area contributed by atoms with Gasteiger partial charge in [-0.15, -0.1) is 0 Å². The molecule has 1 rings (SSSR count). The largest absolute Gasteiger partial charge is 0.341 e. The summed E-state index contributed by atoms with van der Waals surface area (Å²) < 4.78 is 0. The summed E-state index contributed by atoms with van der Waals surface area (Å²) in [6.45, 7) is 6.14. The molecule has 0 saturated carbocycles. The lowest BCUT2D eigenvalue weighted by Crippen LogP contribution is -2.50. The molecule has 1 aliphatic rings. The standard InChI is InChI=1S/C10H20N2O/c1-8(2)7-12-6-4-5-9(11-3)10(12)13/h8-9,11H,4-7H2,1-3H3. The molecule has 0 aromatic carbocycles. The van der Waals surface area contributed by atoms with Crippen molar-refractivity contribution in [1.29, 1.82) is 0 Å². The number of nitrogens with zero attached hydrogens (tertiary/aromatic N) is 1. The summed E-state index contributed by atoms with van der Waals surface area (Å²) in [4.78, 5) is 13.7. The maximum absolute atomic E-state index is 11.8. The van der Waals surface area contributed by atoms with Crippen LogP contribution in [0.1, 0.15) is 26.7 Å². The SMILES string of the molecule is CNC1CCCN(CC(C)C)C1=O. The summed E-state index contributed by atoms with van der Waals surface area (Å²) >= 11 is 0. The topological polar surface area (TPSA) is 32.3 Å². The van der Waals surface area contributed by atoms with Crippen LogP contribution in [0.2, 0.25) is 0 Å². The van der Waals surface area contributed by atoms with E-state index in [0.717, 1.165) is 25.9 Å². The number of nitrogens with one attached hydrogen (secondary N) is 1. The Morgan fingerprint density at radius 3 is 2.85 bits per heavy atom. The summed E-state index contributed by atoms with van der Waals surface area (Å²) in [5.74, 6) is 0.849. The zero-order valence-electron chi connectivity index (χ0n) is 8.84. The van der Waals surface area contributed by atoms with E-state index in [-0.39, 0.29) is 11.9 Å². The van der Waals surface area contributed by atoms with Crippen molar-refractivity contribution in [2.45, 2.75) is 32.7 Å². The van der Waals surface area contributed by atoms with E-state index in [9.17, 15) is 4.79 Å². The highest BCUT2D eigenvalue weighted by atomic mass is 16.2. The number of likely N-dealkylation sites (N-methyl/N-ethyl adjacent to an activating group) is 1. The Morgan fingerprint density at radius 2 is 2.31 bits per heavy atom. The van der Waals surface area contributed by atoms with Crippen LogP contribution in [0.5, 0.6) is 0 Å². The molecule has 1 N–H and O–H groups in total. The molecule has 0 spiro atoms. The number of piperidine rings is 1. The molecule has 3 heteroatoms. The lowest BCUT2D eigenvalue weighted by atomic mass is 10.0. The minimum atomic E-state index is 0.0625. The smallest absolute Gasteiger partial charge is 0.239 e. The van der Waals surface area contributed by atoms with Gasteiger partial charge in [0.15, 0.2) is 0 Å². The first kappa shape index (κ1) is 10.5. The maximum atomic E-state index is 11.8. The van der Waals surface area contributed by atoms with Crippen molar-refractivity contribution in [3.8, 4) is 0 Å². The molecule has 0 aliphatic carbocycles. The summed E-state index contributed by atoms with van der Waals surface area (Å²) in [5.41, 5.74) is 0. The third kappa shape index (κ3) is 2.69. The van der Waals surface area contributed by atoms with Crippen molar-refractivity contribution in [3.05, 3.63) is 0 Å². The molecule has 0 bridgehead atoms. The van der Waals surface area contributed by atoms with E-state index < -0.39 is 0 Å². The molecular formula is C10H20N2O. The predicted octanol–water partition coefficient (Wildman–Crippen LogP) is 0.853. The number of hydrogen-bond acceptors (Lipinski definition) is 2. The quantitative estimate of drug-likeness (QED) is 0.705. The predicted molar refractivity (Wildman–Crippen MR) is 53.5 cm³/mol. The first-order valence-corrected chi connectivity index (χ1v) is 5.11. The van der Waals surface area contributed by atoms with Crippen LogP contribution in [-0.2, 0) is 4.79 Å². The van der Waals surface area contributed by atoms with Gasteiger partial charge in [-0.1, -0.05) is 13.8 Å². The van der Waals surface area contributed by atoms with Crippen LogP contribution < -0.4 is 5.32 Å². The molecule has 3 nitrogen and oxygen atoms in total. The number of rotatable bonds is 3. The average Bonchev–Trinajstić information content (AvgIpc) is 2.08. The van der Waals surface area contributed by atoms with Crippen molar-refractivity contribution in [2.24, 2.45) is 5.92 Å². The molecule has 1 unspecified atom stereocenters. The Balaban J connectivity index is 2.50. The fourth-order valence-corrected chi connectivity index (χ4v) is 1.83. The lowest BCUT2D eigenvalue weighted by Gasteiger charge is -2.33. The molecule has 13 heavy (non-hydrogen) atoms. The van der Waals surface area contributed by atoms with Gasteiger partial charge in [-0.25, -0.2) is 0 Å². The monoisotopic (exact) mass is 184 g/mol. The Labute approximate surface area is 80.5 Å². The number of carbonyl (C=O) groups excluding carboxylic acids is 1. The minimum Gasteiger partial charge on any atom is -0.341 e. The van der Waals surface area contributed by atoms with E-state index in [1.807, 2.05) is 11.9 Å². The van der Waals surface area contributed by atoms with Gasteiger partial charge < -0.3 is 10.2 Å². The zero-order valence-corrected chi connectivity index (χ0v) is 8.84. The molecule has 0 aromatic heterocycles. The lowest BCUT2D eigenvalue weighted by molar-refractivity contribution is -0.136. The molecule has 0 aromatic rings. The number of amides is 1. The van der Waals surface area contributed by atoms with E-state index in [1.54, 1.807) is 0 Å². The zero-order chi connectivity index (χ0) is 9.84. The van der Waals surface area contributed by atoms with Crippen molar-refractivity contribution in [2.75, 3.05) is 20.1 Å². The third-order valence-corrected chi connectivity index (χ3v) is 2.46. The molecule has 1 aliphatic heterocycles. The second-order valence-corrected chi connectivity index (χ2v) is 4.16. The molecule has 76 valence electrons. The Kier molecular flexibility index (Phi) is 3.72. The van der Waals surface area contributed by atoms with Gasteiger partial charge in [-0.2, -0.15) is 0 Å². The highest BCUT2D eigenvalue weighted by Crippen LogP contribution is 2.12. The van der Waals surface area contributed by atoms with Crippen molar-refractivity contribution in [1.82, 2.24) is 10.2 Å². The van der Waals surface area contributed by atoms with Gasteiger partial charge in [0.2, 0.25) is 5.91 Å². The molecule has 1 amide bonds. The van der Waals surface area contributed by atoms with Gasteiger partial charge in [0, 0.05) is 13.1 Å². The molecular weight excluding hydrogens is 164 g/mol. The third-order valence-electron chi connectivity index (χ3n) is 2.46. The van der Waals surface area contributed by atoms with E-state index in [2.05, 4.69) is 19.2 Å². The van der Waals surface area contributed by atoms with Crippen LogP contribution in [0.4, 0.5) is 0 Å². The average molecular weight is 184 g/mol. The fourth-order valence-electron chi connectivity index (χ4n) is 1.83. The highest BCUT2D eigenvalue weighted by molar-refractivity contribution is 5.82. The second-order valence-electron chi connectivity index (χ2n) is 4.16. The van der Waals surface area contributed by atoms with E-state index >= 15 is 0 Å². The van der Waals surface area contributed by atoms with Gasteiger partial charge in [0.25, 0.3) is 0 Å². The molecule has 1 atom stereocenters. The van der Waals surface area contributed by atoms with Gasteiger partial charge in [-0.3, -0.25) is 4.79 Å². The Morgan fingerprint density at radius 1 is 1.62 bits per heavy atom. The van der Waals surface area contributed by atoms with Crippen molar-refractivity contribution in [3.63, 3.8) is 0 Å². The fraction of sp³-hybridized carbons (Fsp3) is 0.900. The minimum absolute atomic E-state index is 0.0625. The summed E-state index contributed by atoms with van der Waals surface area (Å²) in [7, 11) is 1.86. The van der Waals surface area contributed by atoms with Crippen LogP contribution in [0.15, 0.2) is 0 Å². The summed E-state index contributed by atoms with van der Waals surface area (Å²) in [5, 5.41) is 3.07. The number of carbonyl (C=O) groups is 1. The Bertz CT molecular complexity index is 180. The summed E-state index contributed by atoms with van der Waals surface area (Å²) in [6.07, 6.45) is 2.12. The maximum Gasteiger partial charge on any atom is 0.239 e. The van der Waals surface area contributed by atoms with Gasteiger partial charge in [0.1, 0.15) is 0 Å². The van der Waals surface area contributed by atoms with Crippen LogP contribution >= 0.6 is 0 Å². The van der Waals surface area contributed by atoms with E-state index in [0.29, 0.717) is 5.92 Å². The van der Waals surface area contributed by atoms with E-state index in [1.165, 1.54) is 0 Å². The van der Waals surface area contributed by atoms with Gasteiger partial charge >= 0.3 is 0 Å². The second kappa shape index (κ2) is 4.61. The van der Waals surface area contributed by atoms with Gasteiger partial charge in [0.05, 0.1) is 6.04 Å². The van der Waals surface area contributed by atoms with Gasteiger partial charge in [-0.05, 0) is 25.8 Å². The van der Waals surface area contributed by atoms with Crippen molar-refractivity contribution < 1.29 is 4.79 Å². The Hall–Kier alpha value is -0.570. The molecule has 1 saturated heterocycles. The summed E-state index contributed by atoms with van der Waals surface area (Å²) in [6, 6.07) is 0.0625. The van der Waals surface area contributed by atoms with Crippen LogP contribution in [0.3, 0.4) is 0 Å². The van der Waals surface area contributed by atoms with Crippen LogP contribution in [-0.4, -0.2) is 37.0 Å². The molecule has 0 radical (unpaired) electrons. The number of hydrogen-bond donors (Lipinski definition) is 1. The molecule has 1 fully saturated rings. The normalized spacial score (nSPS) is 24.2. The van der Waals surface area contributed by atoms with E-state index in [4.69, 9.17) is 0 Å². The molecule has 1 heterocycles. The first-order valence-electron chi connectivity index (χ1n) is 5.11.